The van der Waals surface area contributed by atoms with Crippen molar-refractivity contribution >= 4 is 17.5 Å². The predicted octanol–water partition coefficient (Wildman–Crippen LogP) is 3.28. The summed E-state index contributed by atoms with van der Waals surface area (Å²) in [5.74, 6) is -1.13. The van der Waals surface area contributed by atoms with Gasteiger partial charge in [0.1, 0.15) is 11.9 Å². The van der Waals surface area contributed by atoms with Crippen molar-refractivity contribution in [1.82, 2.24) is 5.32 Å². The first-order chi connectivity index (χ1) is 11.0. The molecule has 2 unspecified atom stereocenters. The third-order valence-electron chi connectivity index (χ3n) is 3.28. The Morgan fingerprint density at radius 1 is 1.26 bits per heavy atom. The van der Waals surface area contributed by atoms with Gasteiger partial charge in [-0.2, -0.15) is 5.26 Å². The van der Waals surface area contributed by atoms with Crippen LogP contribution in [-0.4, -0.2) is 11.0 Å². The summed E-state index contributed by atoms with van der Waals surface area (Å²) in [6.07, 6.45) is -1.28. The first kappa shape index (κ1) is 16.9. The molecule has 0 saturated heterocycles. The molecular weight excluding hydrogens is 319 g/mol. The van der Waals surface area contributed by atoms with E-state index in [-0.39, 0.29) is 12.0 Å². The Bertz CT molecular complexity index is 728. The molecule has 1 amide bonds. The molecule has 0 radical (unpaired) electrons. The van der Waals surface area contributed by atoms with Gasteiger partial charge < -0.3 is 10.4 Å². The monoisotopic (exact) mass is 332 g/mol. The molecule has 0 bridgehead atoms. The summed E-state index contributed by atoms with van der Waals surface area (Å²) in [7, 11) is 0. The normalized spacial score (nSPS) is 13.0. The average Bonchev–Trinajstić information content (AvgIpc) is 2.54. The zero-order chi connectivity index (χ0) is 16.8. The number of aliphatic hydroxyl groups excluding tert-OH is 1. The molecule has 6 heteroatoms. The van der Waals surface area contributed by atoms with Crippen molar-refractivity contribution in [3.63, 3.8) is 0 Å². The number of hydrogen-bond acceptors (Lipinski definition) is 3. The Labute approximate surface area is 138 Å². The lowest BCUT2D eigenvalue weighted by Gasteiger charge is -2.15. The SMILES string of the molecule is N#CC(NC(=O)CC(O)c1ccc(Cl)cc1)c1ccccc1F. The van der Waals surface area contributed by atoms with E-state index in [1.165, 1.54) is 18.2 Å². The molecule has 0 saturated carbocycles. The van der Waals surface area contributed by atoms with Crippen molar-refractivity contribution in [3.05, 3.63) is 70.5 Å². The van der Waals surface area contributed by atoms with Crippen LogP contribution in [0.3, 0.4) is 0 Å². The molecule has 2 atom stereocenters. The van der Waals surface area contributed by atoms with Crippen LogP contribution in [0, 0.1) is 17.1 Å². The number of hydrogen-bond donors (Lipinski definition) is 2. The predicted molar refractivity (Wildman–Crippen MR) is 83.9 cm³/mol. The summed E-state index contributed by atoms with van der Waals surface area (Å²) < 4.78 is 13.7. The van der Waals surface area contributed by atoms with E-state index in [9.17, 15) is 14.3 Å². The van der Waals surface area contributed by atoms with Crippen molar-refractivity contribution in [2.24, 2.45) is 0 Å². The number of nitriles is 1. The topological polar surface area (TPSA) is 73.1 Å². The fourth-order valence-electron chi connectivity index (χ4n) is 2.09. The van der Waals surface area contributed by atoms with Gasteiger partial charge in [-0.15, -0.1) is 0 Å². The summed E-state index contributed by atoms with van der Waals surface area (Å²) in [6, 6.07) is 12.9. The van der Waals surface area contributed by atoms with Crippen molar-refractivity contribution in [1.29, 1.82) is 5.26 Å². The van der Waals surface area contributed by atoms with E-state index in [0.717, 1.165) is 0 Å². The van der Waals surface area contributed by atoms with E-state index >= 15 is 0 Å². The van der Waals surface area contributed by atoms with Crippen molar-refractivity contribution in [2.45, 2.75) is 18.6 Å². The second-order valence-corrected chi connectivity index (χ2v) is 5.36. The summed E-state index contributed by atoms with van der Waals surface area (Å²) >= 11 is 5.76. The maximum Gasteiger partial charge on any atom is 0.224 e. The Morgan fingerprint density at radius 2 is 1.91 bits per heavy atom. The lowest BCUT2D eigenvalue weighted by atomic mass is 10.0. The molecule has 0 aromatic heterocycles. The van der Waals surface area contributed by atoms with Gasteiger partial charge in [0.25, 0.3) is 0 Å². The van der Waals surface area contributed by atoms with Gasteiger partial charge in [0.15, 0.2) is 0 Å². The molecule has 0 fully saturated rings. The van der Waals surface area contributed by atoms with E-state index in [1.807, 2.05) is 6.07 Å². The van der Waals surface area contributed by atoms with Gasteiger partial charge in [-0.1, -0.05) is 41.9 Å². The fourth-order valence-corrected chi connectivity index (χ4v) is 2.21. The highest BCUT2D eigenvalue weighted by Gasteiger charge is 2.19. The highest BCUT2D eigenvalue weighted by Crippen LogP contribution is 2.20. The van der Waals surface area contributed by atoms with Gasteiger partial charge >= 0.3 is 0 Å². The van der Waals surface area contributed by atoms with E-state index in [1.54, 1.807) is 30.3 Å². The highest BCUT2D eigenvalue weighted by molar-refractivity contribution is 6.30. The number of rotatable bonds is 5. The zero-order valence-electron chi connectivity index (χ0n) is 12.0. The summed E-state index contributed by atoms with van der Waals surface area (Å²) in [4.78, 5) is 12.0. The molecule has 0 aliphatic heterocycles. The summed E-state index contributed by atoms with van der Waals surface area (Å²) in [5.41, 5.74) is 0.619. The maximum absolute atomic E-state index is 13.7. The Kier molecular flexibility index (Phi) is 5.69. The van der Waals surface area contributed by atoms with Crippen LogP contribution in [0.25, 0.3) is 0 Å². The lowest BCUT2D eigenvalue weighted by molar-refractivity contribution is -0.123. The zero-order valence-corrected chi connectivity index (χ0v) is 12.8. The van der Waals surface area contributed by atoms with Crippen LogP contribution in [0.15, 0.2) is 48.5 Å². The molecule has 118 valence electrons. The van der Waals surface area contributed by atoms with Crippen LogP contribution >= 0.6 is 11.6 Å². The van der Waals surface area contributed by atoms with E-state index in [4.69, 9.17) is 16.9 Å². The summed E-state index contributed by atoms with van der Waals surface area (Å²) in [5, 5.41) is 22.1. The fraction of sp³-hybridized carbons (Fsp3) is 0.176. The molecule has 4 nitrogen and oxygen atoms in total. The van der Waals surface area contributed by atoms with Crippen LogP contribution in [0.4, 0.5) is 4.39 Å². The van der Waals surface area contributed by atoms with Gasteiger partial charge in [-0.3, -0.25) is 4.79 Å². The van der Waals surface area contributed by atoms with Crippen molar-refractivity contribution in [2.75, 3.05) is 0 Å². The lowest BCUT2D eigenvalue weighted by Crippen LogP contribution is -2.29. The van der Waals surface area contributed by atoms with Crippen LogP contribution in [0.5, 0.6) is 0 Å². The second-order valence-electron chi connectivity index (χ2n) is 4.92. The quantitative estimate of drug-likeness (QED) is 0.882. The van der Waals surface area contributed by atoms with Crippen molar-refractivity contribution < 1.29 is 14.3 Å². The first-order valence-electron chi connectivity index (χ1n) is 6.88. The Morgan fingerprint density at radius 3 is 2.52 bits per heavy atom. The largest absolute Gasteiger partial charge is 0.388 e. The Hall–Kier alpha value is -2.42. The molecule has 2 aromatic carbocycles. The highest BCUT2D eigenvalue weighted by atomic mass is 35.5. The van der Waals surface area contributed by atoms with Gasteiger partial charge in [-0.05, 0) is 23.8 Å². The molecular formula is C17H14ClFN2O2. The Balaban J connectivity index is 2.02. The van der Waals surface area contributed by atoms with Crippen molar-refractivity contribution in [3.8, 4) is 6.07 Å². The smallest absolute Gasteiger partial charge is 0.224 e. The van der Waals surface area contributed by atoms with Gasteiger partial charge in [0.2, 0.25) is 5.91 Å². The second kappa shape index (κ2) is 7.73. The molecule has 0 heterocycles. The van der Waals surface area contributed by atoms with Gasteiger partial charge in [-0.25, -0.2) is 4.39 Å². The number of benzene rings is 2. The van der Waals surface area contributed by atoms with E-state index in [0.29, 0.717) is 10.6 Å². The molecule has 23 heavy (non-hydrogen) atoms. The number of nitrogens with one attached hydrogen (secondary N) is 1. The minimum absolute atomic E-state index is 0.0873. The van der Waals surface area contributed by atoms with Gasteiger partial charge in [0.05, 0.1) is 18.6 Å². The molecule has 2 aromatic rings. The molecule has 2 N–H and O–H groups in total. The van der Waals surface area contributed by atoms with Gasteiger partial charge in [0, 0.05) is 10.6 Å². The number of aliphatic hydroxyl groups is 1. The number of carbonyl (C=O) groups excluding carboxylic acids is 1. The number of carbonyl (C=O) groups is 1. The standard InChI is InChI=1S/C17H14ClFN2O2/c18-12-7-5-11(6-8-12)16(22)9-17(23)21-15(10-20)13-3-1-2-4-14(13)19/h1-8,15-16,22H,9H2,(H,21,23). The minimum atomic E-state index is -1.11. The average molecular weight is 333 g/mol. The van der Waals surface area contributed by atoms with E-state index < -0.39 is 23.9 Å². The molecule has 0 aliphatic rings. The van der Waals surface area contributed by atoms with Crippen LogP contribution < -0.4 is 5.32 Å². The van der Waals surface area contributed by atoms with Crippen LogP contribution in [-0.2, 0) is 4.79 Å². The third kappa shape index (κ3) is 4.52. The number of nitrogens with zero attached hydrogens (tertiary/aromatic N) is 1. The number of halogens is 2. The minimum Gasteiger partial charge on any atom is -0.388 e. The molecule has 2 rings (SSSR count). The molecule has 0 aliphatic carbocycles. The summed E-state index contributed by atoms with van der Waals surface area (Å²) in [6.45, 7) is 0. The van der Waals surface area contributed by atoms with E-state index in [2.05, 4.69) is 5.32 Å². The first-order valence-corrected chi connectivity index (χ1v) is 7.26. The molecule has 0 spiro atoms. The number of amides is 1. The maximum atomic E-state index is 13.7. The van der Waals surface area contributed by atoms with Crippen LogP contribution in [0.2, 0.25) is 5.02 Å². The van der Waals surface area contributed by atoms with Crippen LogP contribution in [0.1, 0.15) is 29.7 Å². The third-order valence-corrected chi connectivity index (χ3v) is 3.54.